The third-order valence-corrected chi connectivity index (χ3v) is 6.11. The third kappa shape index (κ3) is 4.96. The van der Waals surface area contributed by atoms with Gasteiger partial charge in [-0.25, -0.2) is 0 Å². The maximum absolute atomic E-state index is 12.8. The molecule has 0 saturated carbocycles. The van der Waals surface area contributed by atoms with Crippen LogP contribution in [0.15, 0.2) is 58.4 Å². The van der Waals surface area contributed by atoms with Gasteiger partial charge in [0.15, 0.2) is 18.1 Å². The van der Waals surface area contributed by atoms with Crippen molar-refractivity contribution in [2.45, 2.75) is 20.0 Å². The lowest BCUT2D eigenvalue weighted by Gasteiger charge is -2.21. The van der Waals surface area contributed by atoms with Crippen molar-refractivity contribution in [2.75, 3.05) is 13.4 Å². The zero-order valence-corrected chi connectivity index (χ0v) is 17.5. The highest BCUT2D eigenvalue weighted by atomic mass is 32.1. The first-order valence-corrected chi connectivity index (χ1v) is 10.8. The van der Waals surface area contributed by atoms with E-state index in [1.807, 2.05) is 60.1 Å². The fourth-order valence-corrected chi connectivity index (χ4v) is 4.30. The van der Waals surface area contributed by atoms with Crippen LogP contribution >= 0.6 is 22.7 Å². The van der Waals surface area contributed by atoms with Crippen LogP contribution < -0.4 is 9.47 Å². The summed E-state index contributed by atoms with van der Waals surface area (Å²) in [5.41, 5.74) is 1.52. The summed E-state index contributed by atoms with van der Waals surface area (Å²) in [4.78, 5) is 22.2. The normalized spacial score (nSPS) is 12.8. The fourth-order valence-electron chi connectivity index (χ4n) is 2.86. The molecule has 4 rings (SSSR count). The lowest BCUT2D eigenvalue weighted by Crippen LogP contribution is -2.32. The van der Waals surface area contributed by atoms with Crippen LogP contribution in [0, 0.1) is 0 Å². The molecule has 8 heteroatoms. The highest BCUT2D eigenvalue weighted by Crippen LogP contribution is 2.32. The molecule has 0 radical (unpaired) electrons. The van der Waals surface area contributed by atoms with E-state index in [9.17, 15) is 4.79 Å². The molecule has 6 nitrogen and oxygen atoms in total. The van der Waals surface area contributed by atoms with E-state index in [4.69, 9.17) is 14.3 Å². The molecule has 0 fully saturated rings. The summed E-state index contributed by atoms with van der Waals surface area (Å²) in [5, 5.41) is 8.14. The van der Waals surface area contributed by atoms with Crippen molar-refractivity contribution < 1.29 is 19.1 Å². The molecule has 0 spiro atoms. The monoisotopic (exact) mass is 428 g/mol. The van der Waals surface area contributed by atoms with Crippen molar-refractivity contribution in [3.63, 3.8) is 0 Å². The number of benzene rings is 1. The third-order valence-electron chi connectivity index (χ3n) is 4.39. The number of carbonyl (C=O) groups is 1. The van der Waals surface area contributed by atoms with Crippen molar-refractivity contribution in [3.05, 3.63) is 68.5 Å². The summed E-state index contributed by atoms with van der Waals surface area (Å²) in [5.74, 6) is 1.30. The fraction of sp³-hybridized carbons (Fsp3) is 0.238. The first-order chi connectivity index (χ1) is 14.2. The van der Waals surface area contributed by atoms with E-state index in [1.54, 1.807) is 27.6 Å². The highest BCUT2D eigenvalue weighted by Gasteiger charge is 2.17. The number of thiophene rings is 2. The molecule has 1 aromatic carbocycles. The Morgan fingerprint density at radius 2 is 1.76 bits per heavy atom. The number of fused-ring (bicyclic) bond motifs is 1. The molecule has 29 heavy (non-hydrogen) atoms. The van der Waals surface area contributed by atoms with Gasteiger partial charge in [0.2, 0.25) is 6.79 Å². The molecular weight excluding hydrogens is 408 g/mol. The lowest BCUT2D eigenvalue weighted by atomic mass is 10.1. The number of rotatable bonds is 8. The van der Waals surface area contributed by atoms with Crippen LogP contribution in [0.1, 0.15) is 22.2 Å². The molecule has 0 atom stereocenters. The zero-order chi connectivity index (χ0) is 20.1. The molecule has 0 saturated heterocycles. The first-order valence-electron chi connectivity index (χ1n) is 9.08. The average molecular weight is 429 g/mol. The molecule has 2 aromatic heterocycles. The minimum atomic E-state index is -0.112. The molecule has 0 N–H and O–H groups in total. The van der Waals surface area contributed by atoms with Crippen LogP contribution in [0.4, 0.5) is 0 Å². The Morgan fingerprint density at radius 1 is 1.07 bits per heavy atom. The Balaban J connectivity index is 1.38. The molecule has 1 aliphatic rings. The van der Waals surface area contributed by atoms with Gasteiger partial charge in [0, 0.05) is 15.3 Å². The average Bonchev–Trinajstić information content (AvgIpc) is 3.49. The van der Waals surface area contributed by atoms with Gasteiger partial charge in [-0.3, -0.25) is 4.79 Å². The second-order valence-electron chi connectivity index (χ2n) is 6.43. The number of nitrogens with zero attached hydrogens (tertiary/aromatic N) is 2. The van der Waals surface area contributed by atoms with Crippen LogP contribution in [-0.4, -0.2) is 29.9 Å². The van der Waals surface area contributed by atoms with Crippen molar-refractivity contribution >= 4 is 34.3 Å². The first kappa shape index (κ1) is 19.5. The van der Waals surface area contributed by atoms with Gasteiger partial charge in [-0.15, -0.1) is 22.7 Å². The molecule has 3 aromatic rings. The largest absolute Gasteiger partial charge is 0.454 e. The van der Waals surface area contributed by atoms with Gasteiger partial charge in [0.05, 0.1) is 18.8 Å². The van der Waals surface area contributed by atoms with Gasteiger partial charge in [-0.05, 0) is 48.0 Å². The standard InChI is InChI=1S/C21H20N2O4S2/c1-15(16-6-7-19-20(10-16)26-14-25-19)22-27-13-21(24)23(11-17-4-2-8-28-17)12-18-5-3-9-29-18/h2-10H,11-14H2,1H3. The zero-order valence-electron chi connectivity index (χ0n) is 15.9. The van der Waals surface area contributed by atoms with Crippen molar-refractivity contribution in [1.29, 1.82) is 0 Å². The van der Waals surface area contributed by atoms with Crippen LogP contribution in [0.3, 0.4) is 0 Å². The predicted molar refractivity (Wildman–Crippen MR) is 114 cm³/mol. The Hall–Kier alpha value is -2.84. The number of amides is 1. The molecule has 0 unspecified atom stereocenters. The second kappa shape index (κ2) is 9.11. The minimum absolute atomic E-state index is 0.103. The molecule has 1 amide bonds. The molecule has 0 bridgehead atoms. The van der Waals surface area contributed by atoms with Crippen LogP contribution in [-0.2, 0) is 22.7 Å². The van der Waals surface area contributed by atoms with Gasteiger partial charge in [0.1, 0.15) is 0 Å². The summed E-state index contributed by atoms with van der Waals surface area (Å²) < 4.78 is 10.7. The van der Waals surface area contributed by atoms with Gasteiger partial charge in [-0.1, -0.05) is 17.3 Å². The summed E-state index contributed by atoms with van der Waals surface area (Å²) >= 11 is 3.27. The molecule has 0 aliphatic carbocycles. The number of ether oxygens (including phenoxy) is 2. The summed E-state index contributed by atoms with van der Waals surface area (Å²) in [7, 11) is 0. The topological polar surface area (TPSA) is 60.4 Å². The van der Waals surface area contributed by atoms with E-state index < -0.39 is 0 Å². The van der Waals surface area contributed by atoms with E-state index in [-0.39, 0.29) is 19.3 Å². The van der Waals surface area contributed by atoms with Gasteiger partial charge in [-0.2, -0.15) is 0 Å². The molecule has 3 heterocycles. The van der Waals surface area contributed by atoms with E-state index in [0.717, 1.165) is 21.1 Å². The highest BCUT2D eigenvalue weighted by molar-refractivity contribution is 7.10. The molecule has 1 aliphatic heterocycles. The van der Waals surface area contributed by atoms with Gasteiger partial charge in [0.25, 0.3) is 5.91 Å². The maximum Gasteiger partial charge on any atom is 0.264 e. The predicted octanol–water partition coefficient (Wildman–Crippen LogP) is 4.51. The Morgan fingerprint density at radius 3 is 2.41 bits per heavy atom. The van der Waals surface area contributed by atoms with Crippen molar-refractivity contribution in [3.8, 4) is 11.5 Å². The Labute approximate surface area is 176 Å². The summed E-state index contributed by atoms with van der Waals surface area (Å²) in [6.45, 7) is 3.06. The van der Waals surface area contributed by atoms with E-state index in [1.165, 1.54) is 0 Å². The molecular formula is C21H20N2O4S2. The van der Waals surface area contributed by atoms with E-state index >= 15 is 0 Å². The van der Waals surface area contributed by atoms with Crippen LogP contribution in [0.2, 0.25) is 0 Å². The maximum atomic E-state index is 12.8. The van der Waals surface area contributed by atoms with Crippen molar-refractivity contribution in [1.82, 2.24) is 4.90 Å². The van der Waals surface area contributed by atoms with Gasteiger partial charge >= 0.3 is 0 Å². The summed E-state index contributed by atoms with van der Waals surface area (Å²) in [6.07, 6.45) is 0. The summed E-state index contributed by atoms with van der Waals surface area (Å²) in [6, 6.07) is 13.6. The van der Waals surface area contributed by atoms with Crippen LogP contribution in [0.5, 0.6) is 11.5 Å². The number of hydrogen-bond donors (Lipinski definition) is 0. The number of oxime groups is 1. The lowest BCUT2D eigenvalue weighted by molar-refractivity contribution is -0.137. The van der Waals surface area contributed by atoms with E-state index in [0.29, 0.717) is 24.6 Å². The Kier molecular flexibility index (Phi) is 6.12. The van der Waals surface area contributed by atoms with E-state index in [2.05, 4.69) is 5.16 Å². The second-order valence-corrected chi connectivity index (χ2v) is 8.49. The van der Waals surface area contributed by atoms with Crippen molar-refractivity contribution in [2.24, 2.45) is 5.16 Å². The number of carbonyl (C=O) groups excluding carboxylic acids is 1. The molecule has 150 valence electrons. The SMILES string of the molecule is CC(=NOCC(=O)N(Cc1cccs1)Cc1cccs1)c1ccc2c(c1)OCO2. The van der Waals surface area contributed by atoms with Gasteiger partial charge < -0.3 is 19.2 Å². The van der Waals surface area contributed by atoms with Crippen LogP contribution in [0.25, 0.3) is 0 Å². The minimum Gasteiger partial charge on any atom is -0.454 e. The Bertz CT molecular complexity index is 948. The number of hydrogen-bond acceptors (Lipinski definition) is 7. The quantitative estimate of drug-likeness (QED) is 0.391. The smallest absolute Gasteiger partial charge is 0.264 e.